The van der Waals surface area contributed by atoms with E-state index in [1.807, 2.05) is 25.1 Å². The van der Waals surface area contributed by atoms with E-state index in [0.29, 0.717) is 0 Å². The van der Waals surface area contributed by atoms with Crippen molar-refractivity contribution in [2.24, 2.45) is 0 Å². The van der Waals surface area contributed by atoms with Crippen molar-refractivity contribution in [1.82, 2.24) is 10.2 Å². The lowest BCUT2D eigenvalue weighted by atomic mass is 10.1. The van der Waals surface area contributed by atoms with Gasteiger partial charge < -0.3 is 0 Å². The summed E-state index contributed by atoms with van der Waals surface area (Å²) >= 11 is 6.91. The Labute approximate surface area is 128 Å². The van der Waals surface area contributed by atoms with Crippen LogP contribution in [0.2, 0.25) is 0 Å². The Morgan fingerprint density at radius 2 is 2.05 bits per heavy atom. The van der Waals surface area contributed by atoms with Crippen LogP contribution in [0.1, 0.15) is 24.9 Å². The maximum atomic E-state index is 11.8. The van der Waals surface area contributed by atoms with Gasteiger partial charge in [0.25, 0.3) is 0 Å². The number of imide groups is 1. The number of nitrogens with one attached hydrogen (secondary N) is 1. The van der Waals surface area contributed by atoms with E-state index in [0.717, 1.165) is 14.5 Å². The fourth-order valence-electron chi connectivity index (χ4n) is 2.13. The molecule has 1 aromatic rings. The Morgan fingerprint density at radius 1 is 1.37 bits per heavy atom. The number of benzene rings is 1. The molecule has 0 bridgehead atoms. The van der Waals surface area contributed by atoms with E-state index in [4.69, 9.17) is 0 Å². The van der Waals surface area contributed by atoms with Crippen LogP contribution in [0.25, 0.3) is 0 Å². The molecule has 2 rings (SSSR count). The number of likely N-dealkylation sites (N-methyl/N-ethyl adjacent to an activating group) is 1. The highest BCUT2D eigenvalue weighted by Gasteiger charge is 2.36. The summed E-state index contributed by atoms with van der Waals surface area (Å²) in [4.78, 5) is 24.5. The molecule has 19 heavy (non-hydrogen) atoms. The topological polar surface area (TPSA) is 49.4 Å². The average Bonchev–Trinajstić information content (AvgIpc) is 2.57. The molecular weight excluding hydrogens is 376 g/mol. The zero-order valence-corrected chi connectivity index (χ0v) is 13.8. The minimum absolute atomic E-state index is 0.0178. The molecule has 0 radical (unpaired) electrons. The summed E-state index contributed by atoms with van der Waals surface area (Å²) in [6.45, 7) is 1.98. The highest BCUT2D eigenvalue weighted by molar-refractivity contribution is 9.11. The number of rotatable bonds is 3. The number of hydrogen-bond donors (Lipinski definition) is 1. The molecule has 0 aliphatic carbocycles. The molecule has 0 aromatic heterocycles. The molecule has 1 aliphatic rings. The van der Waals surface area contributed by atoms with Gasteiger partial charge in [-0.15, -0.1) is 0 Å². The molecule has 1 fully saturated rings. The van der Waals surface area contributed by atoms with Crippen LogP contribution in [-0.4, -0.2) is 29.8 Å². The molecule has 1 heterocycles. The summed E-state index contributed by atoms with van der Waals surface area (Å²) in [5.41, 5.74) is 1.05. The molecule has 2 amide bonds. The van der Waals surface area contributed by atoms with Crippen molar-refractivity contribution in [2.75, 3.05) is 7.05 Å². The first-order valence-electron chi connectivity index (χ1n) is 5.91. The molecule has 102 valence electrons. The maximum Gasteiger partial charge on any atom is 0.246 e. The standard InChI is InChI=1S/C13H14Br2N2O2/c1-7(9-4-3-8(14)5-10(9)15)16-11-6-12(18)17(2)13(11)19/h3-5,7,11,16H,6H2,1-2H3. The maximum absolute atomic E-state index is 11.8. The molecule has 2 unspecified atom stereocenters. The van der Waals surface area contributed by atoms with Gasteiger partial charge in [0.2, 0.25) is 11.8 Å². The van der Waals surface area contributed by atoms with Crippen molar-refractivity contribution in [3.8, 4) is 0 Å². The number of carbonyl (C=O) groups is 2. The fraction of sp³-hybridized carbons (Fsp3) is 0.385. The van der Waals surface area contributed by atoms with E-state index in [9.17, 15) is 9.59 Å². The zero-order valence-electron chi connectivity index (χ0n) is 10.6. The molecule has 1 N–H and O–H groups in total. The summed E-state index contributed by atoms with van der Waals surface area (Å²) in [6.07, 6.45) is 0.230. The first kappa shape index (κ1) is 14.7. The molecular formula is C13H14Br2N2O2. The second-order valence-electron chi connectivity index (χ2n) is 4.60. The van der Waals surface area contributed by atoms with E-state index in [2.05, 4.69) is 37.2 Å². The Kier molecular flexibility index (Phi) is 4.43. The smallest absolute Gasteiger partial charge is 0.246 e. The lowest BCUT2D eigenvalue weighted by molar-refractivity contribution is -0.137. The third kappa shape index (κ3) is 3.07. The quantitative estimate of drug-likeness (QED) is 0.808. The van der Waals surface area contributed by atoms with Crippen LogP contribution in [0.3, 0.4) is 0 Å². The van der Waals surface area contributed by atoms with Crippen LogP contribution in [-0.2, 0) is 9.59 Å². The monoisotopic (exact) mass is 388 g/mol. The number of nitrogens with zero attached hydrogens (tertiary/aromatic N) is 1. The summed E-state index contributed by atoms with van der Waals surface area (Å²) in [5, 5.41) is 3.21. The minimum atomic E-state index is -0.428. The van der Waals surface area contributed by atoms with Gasteiger partial charge in [-0.2, -0.15) is 0 Å². The number of amides is 2. The third-order valence-corrected chi connectivity index (χ3v) is 4.44. The second-order valence-corrected chi connectivity index (χ2v) is 6.37. The van der Waals surface area contributed by atoms with E-state index >= 15 is 0 Å². The van der Waals surface area contributed by atoms with E-state index < -0.39 is 6.04 Å². The molecule has 1 saturated heterocycles. The summed E-state index contributed by atoms with van der Waals surface area (Å²) in [7, 11) is 1.52. The lowest BCUT2D eigenvalue weighted by Gasteiger charge is -2.19. The van der Waals surface area contributed by atoms with Crippen LogP contribution >= 0.6 is 31.9 Å². The SMILES string of the molecule is CC(NC1CC(=O)N(C)C1=O)c1ccc(Br)cc1Br. The summed E-state index contributed by atoms with van der Waals surface area (Å²) < 4.78 is 1.95. The van der Waals surface area contributed by atoms with Gasteiger partial charge in [0.1, 0.15) is 0 Å². The first-order chi connectivity index (χ1) is 8.90. The van der Waals surface area contributed by atoms with E-state index in [1.54, 1.807) is 0 Å². The Morgan fingerprint density at radius 3 is 2.58 bits per heavy atom. The molecule has 1 aliphatic heterocycles. The Bertz CT molecular complexity index is 533. The largest absolute Gasteiger partial charge is 0.299 e. The average molecular weight is 390 g/mol. The molecule has 1 aromatic carbocycles. The predicted octanol–water partition coefficient (Wildman–Crippen LogP) is 2.62. The highest BCUT2D eigenvalue weighted by atomic mass is 79.9. The van der Waals surface area contributed by atoms with Crippen molar-refractivity contribution < 1.29 is 9.59 Å². The first-order valence-corrected chi connectivity index (χ1v) is 7.50. The van der Waals surface area contributed by atoms with Crippen LogP contribution in [0.4, 0.5) is 0 Å². The molecule has 2 atom stereocenters. The van der Waals surface area contributed by atoms with Gasteiger partial charge in [-0.3, -0.25) is 19.8 Å². The normalized spacial score (nSPS) is 21.1. The van der Waals surface area contributed by atoms with Crippen molar-refractivity contribution in [3.05, 3.63) is 32.7 Å². The van der Waals surface area contributed by atoms with Crippen LogP contribution < -0.4 is 5.32 Å². The Hall–Kier alpha value is -0.720. The number of hydrogen-bond acceptors (Lipinski definition) is 3. The van der Waals surface area contributed by atoms with Crippen LogP contribution in [0, 0.1) is 0 Å². The van der Waals surface area contributed by atoms with Crippen LogP contribution in [0.15, 0.2) is 27.1 Å². The number of halogens is 2. The van der Waals surface area contributed by atoms with Gasteiger partial charge in [0.05, 0.1) is 12.5 Å². The third-order valence-electron chi connectivity index (χ3n) is 3.26. The van der Waals surface area contributed by atoms with Crippen molar-refractivity contribution in [2.45, 2.75) is 25.4 Å². The predicted molar refractivity (Wildman–Crippen MR) is 79.6 cm³/mol. The van der Waals surface area contributed by atoms with Gasteiger partial charge in [-0.05, 0) is 24.6 Å². The van der Waals surface area contributed by atoms with Gasteiger partial charge in [-0.25, -0.2) is 0 Å². The van der Waals surface area contributed by atoms with Gasteiger partial charge in [0, 0.05) is 22.0 Å². The number of likely N-dealkylation sites (tertiary alicyclic amines) is 1. The van der Waals surface area contributed by atoms with Crippen molar-refractivity contribution >= 4 is 43.7 Å². The van der Waals surface area contributed by atoms with Crippen LogP contribution in [0.5, 0.6) is 0 Å². The summed E-state index contributed by atoms with van der Waals surface area (Å²) in [6, 6.07) is 5.45. The Balaban J connectivity index is 2.11. The van der Waals surface area contributed by atoms with E-state index in [-0.39, 0.29) is 24.3 Å². The lowest BCUT2D eigenvalue weighted by Crippen LogP contribution is -2.38. The van der Waals surface area contributed by atoms with Gasteiger partial charge >= 0.3 is 0 Å². The second kappa shape index (κ2) is 5.73. The van der Waals surface area contributed by atoms with Crippen molar-refractivity contribution in [3.63, 3.8) is 0 Å². The molecule has 4 nitrogen and oxygen atoms in total. The fourth-order valence-corrected chi connectivity index (χ4v) is 3.52. The van der Waals surface area contributed by atoms with Gasteiger partial charge in [0.15, 0.2) is 0 Å². The zero-order chi connectivity index (χ0) is 14.2. The van der Waals surface area contributed by atoms with E-state index in [1.165, 1.54) is 11.9 Å². The minimum Gasteiger partial charge on any atom is -0.299 e. The summed E-state index contributed by atoms with van der Waals surface area (Å²) in [5.74, 6) is -0.297. The number of carbonyl (C=O) groups excluding carboxylic acids is 2. The molecule has 6 heteroatoms. The molecule has 0 saturated carbocycles. The highest BCUT2D eigenvalue weighted by Crippen LogP contribution is 2.27. The van der Waals surface area contributed by atoms with Gasteiger partial charge in [-0.1, -0.05) is 37.9 Å². The van der Waals surface area contributed by atoms with Crippen molar-refractivity contribution in [1.29, 1.82) is 0 Å². The molecule has 0 spiro atoms.